The Kier molecular flexibility index (Phi) is 2.12. The highest BCUT2D eigenvalue weighted by molar-refractivity contribution is 9.09. The lowest BCUT2D eigenvalue weighted by atomic mass is 9.90. The van der Waals surface area contributed by atoms with Crippen molar-refractivity contribution < 1.29 is 9.53 Å². The monoisotopic (exact) mass is 240 g/mol. The fourth-order valence-corrected chi connectivity index (χ4v) is 2.04. The molecule has 0 radical (unpaired) electrons. The van der Waals surface area contributed by atoms with Crippen LogP contribution >= 0.6 is 15.9 Å². The first-order valence-corrected chi connectivity index (χ1v) is 5.02. The van der Waals surface area contributed by atoms with Crippen LogP contribution in [0.3, 0.4) is 0 Å². The summed E-state index contributed by atoms with van der Waals surface area (Å²) in [5.41, 5.74) is 0.983. The second-order valence-corrected chi connectivity index (χ2v) is 4.00. The molecule has 68 valence electrons. The number of rotatable bonds is 1. The molecule has 2 unspecified atom stereocenters. The predicted molar refractivity (Wildman–Crippen MR) is 53.3 cm³/mol. The fourth-order valence-electron chi connectivity index (χ4n) is 1.55. The van der Waals surface area contributed by atoms with E-state index in [0.29, 0.717) is 0 Å². The summed E-state index contributed by atoms with van der Waals surface area (Å²) in [6.07, 6.45) is 7.57. The molecule has 0 saturated heterocycles. The highest BCUT2D eigenvalue weighted by Gasteiger charge is 2.29. The van der Waals surface area contributed by atoms with Gasteiger partial charge in [0.25, 0.3) is 0 Å². The first-order chi connectivity index (χ1) is 6.18. The first-order valence-electron chi connectivity index (χ1n) is 4.10. The van der Waals surface area contributed by atoms with Crippen LogP contribution in [0.25, 0.3) is 0 Å². The molecule has 0 saturated carbocycles. The average Bonchev–Trinajstić information content (AvgIpc) is 2.43. The van der Waals surface area contributed by atoms with Gasteiger partial charge in [0.15, 0.2) is 5.01 Å². The van der Waals surface area contributed by atoms with Crippen molar-refractivity contribution in [2.24, 2.45) is 5.92 Å². The van der Waals surface area contributed by atoms with Gasteiger partial charge in [0.05, 0.1) is 5.92 Å². The van der Waals surface area contributed by atoms with Gasteiger partial charge in [-0.2, -0.15) is 0 Å². The molecule has 2 rings (SSSR count). The third-order valence-electron chi connectivity index (χ3n) is 2.16. The van der Waals surface area contributed by atoms with E-state index in [1.54, 1.807) is 6.92 Å². The van der Waals surface area contributed by atoms with Crippen molar-refractivity contribution in [3.05, 3.63) is 35.6 Å². The summed E-state index contributed by atoms with van der Waals surface area (Å²) in [6.45, 7) is 1.60. The Hall–Kier alpha value is -0.830. The van der Waals surface area contributed by atoms with Gasteiger partial charge in [-0.1, -0.05) is 12.2 Å². The highest BCUT2D eigenvalue weighted by atomic mass is 79.9. The molecule has 0 fully saturated rings. The van der Waals surface area contributed by atoms with Crippen LogP contribution in [0.4, 0.5) is 0 Å². The zero-order valence-electron chi connectivity index (χ0n) is 7.16. The van der Waals surface area contributed by atoms with Gasteiger partial charge >= 0.3 is 0 Å². The van der Waals surface area contributed by atoms with Crippen LogP contribution in [-0.4, -0.2) is 10.8 Å². The molecule has 1 aliphatic carbocycles. The van der Waals surface area contributed by atoms with E-state index in [0.717, 1.165) is 11.3 Å². The molecule has 2 atom stereocenters. The molecule has 0 N–H and O–H groups in total. The summed E-state index contributed by atoms with van der Waals surface area (Å²) in [5.74, 6) is 0.838. The van der Waals surface area contributed by atoms with Gasteiger partial charge in [-0.15, -0.1) is 0 Å². The summed E-state index contributed by atoms with van der Waals surface area (Å²) in [6, 6.07) is 0. The largest absolute Gasteiger partial charge is 0.475 e. The maximum Gasteiger partial charge on any atom is 0.172 e. The Morgan fingerprint density at radius 2 is 2.38 bits per heavy atom. The number of ketones is 1. The van der Waals surface area contributed by atoms with Crippen LogP contribution in [0.5, 0.6) is 0 Å². The van der Waals surface area contributed by atoms with E-state index in [2.05, 4.69) is 15.9 Å². The van der Waals surface area contributed by atoms with Crippen molar-refractivity contribution in [3.63, 3.8) is 0 Å². The van der Waals surface area contributed by atoms with Crippen LogP contribution in [0.1, 0.15) is 6.92 Å². The molecule has 2 nitrogen and oxygen atoms in total. The average molecular weight is 241 g/mol. The number of alkyl halides is 1. The summed E-state index contributed by atoms with van der Waals surface area (Å²) < 4.78 is 5.43. The fraction of sp³-hybridized carbons (Fsp3) is 0.300. The number of allylic oxidation sites excluding steroid dienone is 4. The minimum atomic E-state index is -0.123. The molecular weight excluding hydrogens is 232 g/mol. The molecule has 0 aromatic rings. The van der Waals surface area contributed by atoms with Gasteiger partial charge < -0.3 is 4.74 Å². The third kappa shape index (κ3) is 1.48. The van der Waals surface area contributed by atoms with Crippen LogP contribution in [0.2, 0.25) is 0 Å². The summed E-state index contributed by atoms with van der Waals surface area (Å²) in [7, 11) is 0. The number of hydrogen-bond donors (Lipinski definition) is 0. The van der Waals surface area contributed by atoms with E-state index in [-0.39, 0.29) is 16.7 Å². The van der Waals surface area contributed by atoms with Crippen molar-refractivity contribution in [2.75, 3.05) is 0 Å². The van der Waals surface area contributed by atoms with Crippen molar-refractivity contribution in [1.82, 2.24) is 0 Å². The molecular formula is C10H9BrO2. The van der Waals surface area contributed by atoms with Gasteiger partial charge in [-0.05, 0) is 35.0 Å². The Balaban J connectivity index is 2.36. The Morgan fingerprint density at radius 1 is 1.62 bits per heavy atom. The molecule has 3 heteroatoms. The lowest BCUT2D eigenvalue weighted by Gasteiger charge is -2.14. The molecule has 0 aromatic heterocycles. The van der Waals surface area contributed by atoms with Crippen molar-refractivity contribution >= 4 is 21.7 Å². The highest BCUT2D eigenvalue weighted by Crippen LogP contribution is 2.35. The lowest BCUT2D eigenvalue weighted by molar-refractivity contribution is -0.118. The van der Waals surface area contributed by atoms with Crippen LogP contribution in [0, 0.1) is 5.92 Å². The zero-order valence-corrected chi connectivity index (χ0v) is 8.74. The Bertz CT molecular complexity index is 339. The maximum absolute atomic E-state index is 11.3. The number of hydrogen-bond acceptors (Lipinski definition) is 2. The van der Waals surface area contributed by atoms with Gasteiger partial charge in [-0.25, -0.2) is 0 Å². The van der Waals surface area contributed by atoms with E-state index >= 15 is 0 Å². The Labute approximate surface area is 85.1 Å². The number of Topliss-reactive ketones (excluding diaryl/α,β-unsaturated/α-hetero) is 1. The molecule has 1 aliphatic heterocycles. The number of carbonyl (C=O) groups is 1. The first kappa shape index (κ1) is 8.75. The van der Waals surface area contributed by atoms with Crippen molar-refractivity contribution in [1.29, 1.82) is 0 Å². The van der Waals surface area contributed by atoms with Crippen molar-refractivity contribution in [2.45, 2.75) is 11.9 Å². The standard InChI is InChI=1S/C10H9BrO2/c1-6(12)7-3-2-4-9-8(7)5-10(11)13-9/h2-5,7,10H,1H3. The smallest absolute Gasteiger partial charge is 0.172 e. The van der Waals surface area contributed by atoms with E-state index < -0.39 is 0 Å². The number of carbonyl (C=O) groups excluding carboxylic acids is 1. The van der Waals surface area contributed by atoms with E-state index in [1.807, 2.05) is 24.3 Å². The quantitative estimate of drug-likeness (QED) is 0.658. The lowest BCUT2D eigenvalue weighted by Crippen LogP contribution is -2.13. The van der Waals surface area contributed by atoms with Crippen molar-refractivity contribution in [3.8, 4) is 0 Å². The summed E-state index contributed by atoms with van der Waals surface area (Å²) in [4.78, 5) is 11.3. The second kappa shape index (κ2) is 3.14. The normalized spacial score (nSPS) is 30.3. The maximum atomic E-state index is 11.3. The topological polar surface area (TPSA) is 26.3 Å². The minimum absolute atomic E-state index is 0.0875. The summed E-state index contributed by atoms with van der Waals surface area (Å²) >= 11 is 3.33. The van der Waals surface area contributed by atoms with Crippen LogP contribution in [-0.2, 0) is 9.53 Å². The zero-order chi connectivity index (χ0) is 9.42. The molecule has 2 aliphatic rings. The SMILES string of the molecule is CC(=O)C1C=CC=C2OC(Br)C=C21. The van der Waals surface area contributed by atoms with Crippen LogP contribution in [0.15, 0.2) is 35.6 Å². The summed E-state index contributed by atoms with van der Waals surface area (Å²) in [5, 5.41) is -0.0875. The molecule has 0 bridgehead atoms. The van der Waals surface area contributed by atoms with Gasteiger partial charge in [0, 0.05) is 5.57 Å². The number of ether oxygens (including phenoxy) is 1. The van der Waals surface area contributed by atoms with Gasteiger partial charge in [0.2, 0.25) is 0 Å². The molecule has 0 aromatic carbocycles. The number of fused-ring (bicyclic) bond motifs is 1. The third-order valence-corrected chi connectivity index (χ3v) is 2.61. The van der Waals surface area contributed by atoms with E-state index in [9.17, 15) is 4.79 Å². The van der Waals surface area contributed by atoms with Crippen LogP contribution < -0.4 is 0 Å². The molecule has 1 heterocycles. The van der Waals surface area contributed by atoms with E-state index in [4.69, 9.17) is 4.74 Å². The molecule has 13 heavy (non-hydrogen) atoms. The number of halogens is 1. The van der Waals surface area contributed by atoms with Gasteiger partial charge in [-0.3, -0.25) is 4.79 Å². The second-order valence-electron chi connectivity index (χ2n) is 3.10. The minimum Gasteiger partial charge on any atom is -0.475 e. The Morgan fingerprint density at radius 3 is 3.08 bits per heavy atom. The predicted octanol–water partition coefficient (Wildman–Crippen LogP) is 2.32. The van der Waals surface area contributed by atoms with E-state index in [1.165, 1.54) is 0 Å². The van der Waals surface area contributed by atoms with Gasteiger partial charge in [0.1, 0.15) is 11.5 Å². The molecule has 0 amide bonds. The molecule has 0 spiro atoms.